The average Bonchev–Trinajstić information content (AvgIpc) is 3.30. The van der Waals surface area contributed by atoms with E-state index in [1.54, 1.807) is 29.6 Å². The van der Waals surface area contributed by atoms with Crippen LogP contribution in [0.15, 0.2) is 23.2 Å². The van der Waals surface area contributed by atoms with E-state index in [0.29, 0.717) is 12.1 Å². The summed E-state index contributed by atoms with van der Waals surface area (Å²) >= 11 is 2.98. The Morgan fingerprint density at radius 2 is 2.12 bits per heavy atom. The van der Waals surface area contributed by atoms with Crippen LogP contribution in [0.2, 0.25) is 0 Å². The second-order valence-electron chi connectivity index (χ2n) is 8.13. The highest BCUT2D eigenvalue weighted by Gasteiger charge is 2.60. The first-order valence-corrected chi connectivity index (χ1v) is 12.1. The number of nitrogens with zero attached hydrogens (tertiary/aromatic N) is 3. The SMILES string of the molecule is C[C@@H](O)[C@H]1C(=O)N2C(C(=O)O)=C(c3cn4c[n+](CC(N)=O)c(SCCCN)c4s3)[C@H](C)[C@H]12. The van der Waals surface area contributed by atoms with Crippen LogP contribution < -0.4 is 16.0 Å². The van der Waals surface area contributed by atoms with Gasteiger partial charge in [0, 0.05) is 17.2 Å². The zero-order valence-electron chi connectivity index (χ0n) is 17.7. The molecule has 10 nitrogen and oxygen atoms in total. The number of carboxylic acid groups (broad SMARTS) is 1. The molecule has 2 aromatic heterocycles. The van der Waals surface area contributed by atoms with E-state index in [4.69, 9.17) is 11.5 Å². The molecule has 4 atom stereocenters. The number of aliphatic hydroxyl groups is 1. The number of rotatable bonds is 9. The van der Waals surface area contributed by atoms with Gasteiger partial charge in [-0.1, -0.05) is 30.0 Å². The topological polar surface area (TPSA) is 155 Å². The smallest absolute Gasteiger partial charge is 0.352 e. The number of carboxylic acids is 1. The van der Waals surface area contributed by atoms with E-state index in [1.807, 2.05) is 17.5 Å². The Morgan fingerprint density at radius 3 is 2.72 bits per heavy atom. The number of amides is 2. The van der Waals surface area contributed by atoms with Crippen molar-refractivity contribution in [2.45, 2.75) is 44.0 Å². The Labute approximate surface area is 192 Å². The fourth-order valence-electron chi connectivity index (χ4n) is 4.63. The number of hydrogen-bond acceptors (Lipinski definition) is 7. The zero-order valence-corrected chi connectivity index (χ0v) is 19.4. The van der Waals surface area contributed by atoms with Crippen LogP contribution in [0.25, 0.3) is 10.4 Å². The van der Waals surface area contributed by atoms with Crippen molar-refractivity contribution >= 4 is 51.3 Å². The molecule has 4 heterocycles. The molecule has 1 saturated heterocycles. The van der Waals surface area contributed by atoms with Gasteiger partial charge in [0.1, 0.15) is 11.9 Å². The summed E-state index contributed by atoms with van der Waals surface area (Å²) in [4.78, 5) is 39.2. The van der Waals surface area contributed by atoms with Gasteiger partial charge < -0.3 is 26.6 Å². The lowest BCUT2D eigenvalue weighted by molar-refractivity contribution is -0.717. The molecule has 0 bridgehead atoms. The van der Waals surface area contributed by atoms with Gasteiger partial charge in [-0.25, -0.2) is 9.36 Å². The Morgan fingerprint density at radius 1 is 1.41 bits per heavy atom. The molecule has 0 saturated carbocycles. The molecule has 0 aliphatic carbocycles. The van der Waals surface area contributed by atoms with Gasteiger partial charge >= 0.3 is 5.97 Å². The van der Waals surface area contributed by atoms with Crippen LogP contribution in [-0.4, -0.2) is 61.7 Å². The number of aliphatic hydroxyl groups excluding tert-OH is 1. The molecule has 2 amide bonds. The number of thioether (sulfide) groups is 1. The molecule has 6 N–H and O–H groups in total. The second kappa shape index (κ2) is 8.50. The molecule has 12 heteroatoms. The van der Waals surface area contributed by atoms with Crippen LogP contribution in [-0.2, 0) is 20.9 Å². The number of primary amides is 1. The minimum atomic E-state index is -1.16. The van der Waals surface area contributed by atoms with Crippen molar-refractivity contribution in [3.05, 3.63) is 23.1 Å². The molecule has 2 aromatic rings. The Bertz CT molecular complexity index is 1140. The summed E-state index contributed by atoms with van der Waals surface area (Å²) in [6, 6.07) is -0.372. The number of imidazole rings is 1. The molecule has 0 unspecified atom stereocenters. The van der Waals surface area contributed by atoms with Gasteiger partial charge in [0.25, 0.3) is 12.2 Å². The largest absolute Gasteiger partial charge is 0.477 e. The highest BCUT2D eigenvalue weighted by Crippen LogP contribution is 2.51. The number of β-lactam (4-membered cyclic amide) rings is 1. The van der Waals surface area contributed by atoms with Crippen molar-refractivity contribution in [3.63, 3.8) is 0 Å². The normalized spacial score (nSPS) is 23.6. The van der Waals surface area contributed by atoms with Gasteiger partial charge in [-0.2, -0.15) is 4.40 Å². The summed E-state index contributed by atoms with van der Waals surface area (Å²) < 4.78 is 3.64. The molecule has 0 aromatic carbocycles. The summed E-state index contributed by atoms with van der Waals surface area (Å²) in [6.45, 7) is 4.04. The molecule has 0 spiro atoms. The quantitative estimate of drug-likeness (QED) is 0.169. The Kier molecular flexibility index (Phi) is 6.05. The number of hydrogen-bond donors (Lipinski definition) is 4. The molecule has 2 aliphatic heterocycles. The summed E-state index contributed by atoms with van der Waals surface area (Å²) in [5, 5.41) is 20.8. The maximum absolute atomic E-state index is 12.6. The van der Waals surface area contributed by atoms with E-state index in [1.165, 1.54) is 16.2 Å². The van der Waals surface area contributed by atoms with Crippen LogP contribution in [0.4, 0.5) is 0 Å². The number of thiazole rings is 1. The van der Waals surface area contributed by atoms with Crippen molar-refractivity contribution < 1.29 is 29.2 Å². The van der Waals surface area contributed by atoms with Gasteiger partial charge in [0.2, 0.25) is 15.8 Å². The Hall–Kier alpha value is -2.41. The first-order valence-electron chi connectivity index (χ1n) is 10.3. The van der Waals surface area contributed by atoms with Gasteiger partial charge in [-0.3, -0.25) is 9.59 Å². The zero-order chi connectivity index (χ0) is 23.3. The standard InChI is InChI=1S/C20H25N5O5S2/c1-9-13(16(20(29)30)25-15(9)14(10(2)26)17(25)28)11-6-23-8-24(7-12(22)27)18(19(23)32-11)31-5-3-4-21/h6,8-10,14-15,26H,3-5,7,21H2,1-2H3,(H2-,22,27,29,30)/p+1/t9-,10+,14+,15+/m0/s1. The van der Waals surface area contributed by atoms with Gasteiger partial charge in [0.15, 0.2) is 6.54 Å². The van der Waals surface area contributed by atoms with Crippen molar-refractivity contribution in [1.82, 2.24) is 9.30 Å². The van der Waals surface area contributed by atoms with Crippen LogP contribution in [0, 0.1) is 11.8 Å². The van der Waals surface area contributed by atoms with Crippen LogP contribution in [0.3, 0.4) is 0 Å². The van der Waals surface area contributed by atoms with E-state index < -0.39 is 23.9 Å². The maximum atomic E-state index is 12.6. The summed E-state index contributed by atoms with van der Waals surface area (Å²) in [7, 11) is 0. The number of aromatic nitrogens is 2. The molecular formula is C20H26N5O5S2+. The highest BCUT2D eigenvalue weighted by atomic mass is 32.2. The molecular weight excluding hydrogens is 454 g/mol. The third kappa shape index (κ3) is 3.51. The lowest BCUT2D eigenvalue weighted by atomic mass is 9.77. The number of aliphatic carboxylic acids is 1. The van der Waals surface area contributed by atoms with Crippen LogP contribution in [0.1, 0.15) is 25.1 Å². The molecule has 0 radical (unpaired) electrons. The van der Waals surface area contributed by atoms with E-state index in [0.717, 1.165) is 26.9 Å². The van der Waals surface area contributed by atoms with Crippen LogP contribution in [0.5, 0.6) is 0 Å². The first kappa shape index (κ1) is 22.8. The summed E-state index contributed by atoms with van der Waals surface area (Å²) in [6.07, 6.45) is 3.55. The average molecular weight is 481 g/mol. The fraction of sp³-hybridized carbons (Fsp3) is 0.500. The second-order valence-corrected chi connectivity index (χ2v) is 10.2. The lowest BCUT2D eigenvalue weighted by Gasteiger charge is -2.46. The van der Waals surface area contributed by atoms with Crippen molar-refractivity contribution in [1.29, 1.82) is 0 Å². The predicted molar refractivity (Wildman–Crippen MR) is 119 cm³/mol. The van der Waals surface area contributed by atoms with E-state index in [9.17, 15) is 24.6 Å². The third-order valence-electron chi connectivity index (χ3n) is 5.96. The van der Waals surface area contributed by atoms with Crippen molar-refractivity contribution in [2.75, 3.05) is 12.3 Å². The number of fused-ring (bicyclic) bond motifs is 2. The fourth-order valence-corrected chi connectivity index (χ4v) is 7.12. The minimum Gasteiger partial charge on any atom is -0.477 e. The molecule has 172 valence electrons. The van der Waals surface area contributed by atoms with Gasteiger partial charge in [-0.05, 0) is 19.9 Å². The highest BCUT2D eigenvalue weighted by molar-refractivity contribution is 7.99. The number of carbonyl (C=O) groups excluding carboxylic acids is 2. The lowest BCUT2D eigenvalue weighted by Crippen LogP contribution is -2.63. The number of carbonyl (C=O) groups is 3. The summed E-state index contributed by atoms with van der Waals surface area (Å²) in [5.41, 5.74) is 11.6. The molecule has 1 fully saturated rings. The molecule has 4 rings (SSSR count). The van der Waals surface area contributed by atoms with E-state index >= 15 is 0 Å². The van der Waals surface area contributed by atoms with Crippen molar-refractivity contribution in [2.24, 2.45) is 23.3 Å². The third-order valence-corrected chi connectivity index (χ3v) is 8.42. The Balaban J connectivity index is 1.78. The van der Waals surface area contributed by atoms with Crippen LogP contribution >= 0.6 is 23.1 Å². The summed E-state index contributed by atoms with van der Waals surface area (Å²) in [5.74, 6) is -2.06. The van der Waals surface area contributed by atoms with Crippen molar-refractivity contribution in [3.8, 4) is 0 Å². The monoisotopic (exact) mass is 480 g/mol. The first-order chi connectivity index (χ1) is 15.2. The van der Waals surface area contributed by atoms with E-state index in [2.05, 4.69) is 0 Å². The predicted octanol–water partition coefficient (Wildman–Crippen LogP) is -0.132. The maximum Gasteiger partial charge on any atom is 0.352 e. The number of nitrogens with two attached hydrogens (primary N) is 2. The molecule has 2 aliphatic rings. The van der Waals surface area contributed by atoms with Gasteiger partial charge in [0.05, 0.1) is 22.9 Å². The van der Waals surface area contributed by atoms with E-state index in [-0.39, 0.29) is 30.1 Å². The molecule has 32 heavy (non-hydrogen) atoms. The van der Waals surface area contributed by atoms with Gasteiger partial charge in [-0.15, -0.1) is 0 Å². The minimum absolute atomic E-state index is 0.0174.